The Bertz CT molecular complexity index is 667. The summed E-state index contributed by atoms with van der Waals surface area (Å²) in [6.07, 6.45) is 12.3. The molecule has 2 nitrogen and oxygen atoms in total. The third-order valence-electron chi connectivity index (χ3n) is 4.62. The van der Waals surface area contributed by atoms with Crippen molar-refractivity contribution in [2.24, 2.45) is 0 Å². The number of hydrogen-bond acceptors (Lipinski definition) is 2. The molecule has 0 amide bonds. The highest BCUT2D eigenvalue weighted by Gasteiger charge is 2.19. The maximum absolute atomic E-state index is 6.31. The Labute approximate surface area is 166 Å². The maximum atomic E-state index is 6.31. The fourth-order valence-electron chi connectivity index (χ4n) is 3.16. The molecule has 0 fully saturated rings. The smallest absolute Gasteiger partial charge is 0.161 e. The number of methoxy groups -OCH3 is 1. The van der Waals surface area contributed by atoms with Gasteiger partial charge in [-0.2, -0.15) is 0 Å². The van der Waals surface area contributed by atoms with Crippen LogP contribution >= 0.6 is 0 Å². The van der Waals surface area contributed by atoms with Crippen LogP contribution in [0.25, 0.3) is 0 Å². The molecule has 1 aromatic rings. The maximum Gasteiger partial charge on any atom is 0.161 e. The van der Waals surface area contributed by atoms with Gasteiger partial charge in [0.05, 0.1) is 13.2 Å². The first-order valence-corrected chi connectivity index (χ1v) is 9.94. The Balaban J connectivity index is 3.35. The molecule has 0 aliphatic heterocycles. The van der Waals surface area contributed by atoms with Crippen molar-refractivity contribution < 1.29 is 9.47 Å². The predicted molar refractivity (Wildman–Crippen MR) is 118 cm³/mol. The molecule has 0 heterocycles. The molecule has 0 spiro atoms. The average Bonchev–Trinajstić information content (AvgIpc) is 2.66. The zero-order chi connectivity index (χ0) is 20.2. The summed E-state index contributed by atoms with van der Waals surface area (Å²) < 4.78 is 11.9. The predicted octanol–water partition coefficient (Wildman–Crippen LogP) is 7.39. The summed E-state index contributed by atoms with van der Waals surface area (Å²) in [5.41, 5.74) is 3.51. The van der Waals surface area contributed by atoms with Crippen LogP contribution in [0.15, 0.2) is 66.8 Å². The van der Waals surface area contributed by atoms with E-state index in [0.717, 1.165) is 42.8 Å². The second kappa shape index (κ2) is 12.2. The van der Waals surface area contributed by atoms with Gasteiger partial charge in [0, 0.05) is 5.92 Å². The van der Waals surface area contributed by atoms with Gasteiger partial charge >= 0.3 is 0 Å². The molecule has 2 heteroatoms. The molecule has 0 aliphatic rings. The van der Waals surface area contributed by atoms with Crippen molar-refractivity contribution in [3.63, 3.8) is 0 Å². The Kier molecular flexibility index (Phi) is 10.3. The quantitative estimate of drug-likeness (QED) is 0.283. The zero-order valence-corrected chi connectivity index (χ0v) is 17.8. The van der Waals surface area contributed by atoms with Crippen LogP contribution in [0.2, 0.25) is 0 Å². The van der Waals surface area contributed by atoms with Crippen molar-refractivity contribution in [3.05, 3.63) is 72.4 Å². The highest BCUT2D eigenvalue weighted by Crippen LogP contribution is 2.37. The van der Waals surface area contributed by atoms with E-state index in [0.29, 0.717) is 0 Å². The third-order valence-corrected chi connectivity index (χ3v) is 4.62. The summed E-state index contributed by atoms with van der Waals surface area (Å²) in [6, 6.07) is 6.25. The monoisotopic (exact) mass is 368 g/mol. The van der Waals surface area contributed by atoms with Gasteiger partial charge in [0.2, 0.25) is 0 Å². The highest BCUT2D eigenvalue weighted by molar-refractivity contribution is 5.47. The summed E-state index contributed by atoms with van der Waals surface area (Å²) in [6.45, 7) is 16.6. The fourth-order valence-corrected chi connectivity index (χ4v) is 3.16. The van der Waals surface area contributed by atoms with Crippen molar-refractivity contribution >= 4 is 0 Å². The van der Waals surface area contributed by atoms with Crippen LogP contribution in [0.4, 0.5) is 0 Å². The summed E-state index contributed by atoms with van der Waals surface area (Å²) in [4.78, 5) is 0. The first-order chi connectivity index (χ1) is 13.0. The molecule has 0 bridgehead atoms. The van der Waals surface area contributed by atoms with Crippen molar-refractivity contribution in [1.29, 1.82) is 0 Å². The van der Waals surface area contributed by atoms with Crippen molar-refractivity contribution in [2.75, 3.05) is 7.11 Å². The molecular formula is C25H36O2. The van der Waals surface area contributed by atoms with Gasteiger partial charge in [-0.25, -0.2) is 0 Å². The second-order valence-corrected chi connectivity index (χ2v) is 6.96. The Morgan fingerprint density at radius 1 is 1.22 bits per heavy atom. The van der Waals surface area contributed by atoms with Crippen molar-refractivity contribution in [3.8, 4) is 11.5 Å². The lowest BCUT2D eigenvalue weighted by atomic mass is 9.85. The minimum absolute atomic E-state index is 0.190. The molecule has 0 radical (unpaired) electrons. The first-order valence-electron chi connectivity index (χ1n) is 9.94. The van der Waals surface area contributed by atoms with Gasteiger partial charge in [0.25, 0.3) is 0 Å². The lowest BCUT2D eigenvalue weighted by molar-refractivity contribution is 0.178. The lowest BCUT2D eigenvalue weighted by Crippen LogP contribution is -2.15. The van der Waals surface area contributed by atoms with Crippen LogP contribution in [0.5, 0.6) is 11.5 Å². The molecule has 0 saturated heterocycles. The third kappa shape index (κ3) is 7.13. The summed E-state index contributed by atoms with van der Waals surface area (Å²) in [5, 5.41) is 0. The summed E-state index contributed by atoms with van der Waals surface area (Å²) in [5.74, 6) is 1.78. The Morgan fingerprint density at radius 3 is 2.48 bits per heavy atom. The average molecular weight is 369 g/mol. The molecule has 1 unspecified atom stereocenters. The highest BCUT2D eigenvalue weighted by atomic mass is 16.5. The minimum Gasteiger partial charge on any atom is -0.493 e. The van der Waals surface area contributed by atoms with Crippen LogP contribution in [0, 0.1) is 0 Å². The fraction of sp³-hybridized carbons (Fsp3) is 0.440. The van der Waals surface area contributed by atoms with E-state index in [-0.39, 0.29) is 12.0 Å². The van der Waals surface area contributed by atoms with Crippen LogP contribution in [0.3, 0.4) is 0 Å². The van der Waals surface area contributed by atoms with E-state index in [1.165, 1.54) is 11.1 Å². The molecule has 0 aliphatic carbocycles. The number of benzene rings is 1. The minimum atomic E-state index is 0.190. The Hall–Kier alpha value is -2.22. The van der Waals surface area contributed by atoms with Crippen molar-refractivity contribution in [1.82, 2.24) is 0 Å². The Morgan fingerprint density at radius 2 is 1.96 bits per heavy atom. The standard InChI is InChI=1S/C25H36O2/c1-8-12-14-20(10-3)23(17-19(5)6)21-15-16-24(26-7)25(18-21)27-22(11-4)13-9-2/h8,10,12,14-16,18,22-23H,3,5,9,11,13,17H2,1-2,4,6-7H3/b12-8-,20-14+/t22?,23-/m0/s1. The number of hydrogen-bond donors (Lipinski definition) is 0. The van der Waals surface area contributed by atoms with Gasteiger partial charge in [0.1, 0.15) is 0 Å². The van der Waals surface area contributed by atoms with E-state index >= 15 is 0 Å². The van der Waals surface area contributed by atoms with Gasteiger partial charge in [-0.15, -0.1) is 6.58 Å². The first kappa shape index (κ1) is 22.8. The molecular weight excluding hydrogens is 332 g/mol. The van der Waals surface area contributed by atoms with Crippen LogP contribution in [-0.4, -0.2) is 13.2 Å². The molecule has 148 valence electrons. The van der Waals surface area contributed by atoms with Gasteiger partial charge < -0.3 is 9.47 Å². The largest absolute Gasteiger partial charge is 0.493 e. The molecule has 2 atom stereocenters. The molecule has 27 heavy (non-hydrogen) atoms. The molecule has 0 aromatic heterocycles. The van der Waals surface area contributed by atoms with Gasteiger partial charge in [-0.1, -0.05) is 62.8 Å². The zero-order valence-electron chi connectivity index (χ0n) is 17.8. The van der Waals surface area contributed by atoms with Gasteiger partial charge in [-0.3, -0.25) is 0 Å². The van der Waals surface area contributed by atoms with E-state index in [1.807, 2.05) is 25.1 Å². The number of allylic oxidation sites excluding steroid dienone is 6. The van der Waals surface area contributed by atoms with E-state index < -0.39 is 0 Å². The number of rotatable bonds is 12. The second-order valence-electron chi connectivity index (χ2n) is 6.96. The molecule has 1 rings (SSSR count). The van der Waals surface area contributed by atoms with Crippen LogP contribution in [0.1, 0.15) is 64.9 Å². The molecule has 0 saturated carbocycles. The van der Waals surface area contributed by atoms with E-state index in [9.17, 15) is 0 Å². The van der Waals surface area contributed by atoms with E-state index in [4.69, 9.17) is 9.47 Å². The topological polar surface area (TPSA) is 18.5 Å². The SMILES string of the molecule is C=C/C(=C\C=C/C)[C@H](CC(=C)C)c1ccc(OC)c(OC(CC)CCC)c1. The summed E-state index contributed by atoms with van der Waals surface area (Å²) in [7, 11) is 1.69. The van der Waals surface area contributed by atoms with Gasteiger partial charge in [0.15, 0.2) is 11.5 Å². The molecule has 0 N–H and O–H groups in total. The summed E-state index contributed by atoms with van der Waals surface area (Å²) >= 11 is 0. The molecule has 1 aromatic carbocycles. The van der Waals surface area contributed by atoms with E-state index in [2.05, 4.69) is 58.2 Å². The van der Waals surface area contributed by atoms with Crippen molar-refractivity contribution in [2.45, 2.75) is 65.4 Å². The van der Waals surface area contributed by atoms with Crippen LogP contribution in [-0.2, 0) is 0 Å². The normalized spacial score (nSPS) is 14.0. The van der Waals surface area contributed by atoms with Crippen LogP contribution < -0.4 is 9.47 Å². The van der Waals surface area contributed by atoms with E-state index in [1.54, 1.807) is 7.11 Å². The van der Waals surface area contributed by atoms with Gasteiger partial charge in [-0.05, 0) is 56.4 Å². The number of ether oxygens (including phenoxy) is 2. The lowest BCUT2D eigenvalue weighted by Gasteiger charge is -2.23.